The molecule has 10 aromatic carbocycles. The van der Waals surface area contributed by atoms with Crippen LogP contribution in [0, 0.1) is 31.7 Å². The molecule has 0 amide bonds. The van der Waals surface area contributed by atoms with Crippen molar-refractivity contribution in [3.63, 3.8) is 0 Å². The maximum atomic E-state index is 6.69. The molecule has 0 saturated carbocycles. The van der Waals surface area contributed by atoms with Gasteiger partial charge in [-0.2, -0.15) is 6.07 Å². The van der Waals surface area contributed by atoms with Crippen molar-refractivity contribution in [3.8, 4) is 50.4 Å². The summed E-state index contributed by atoms with van der Waals surface area (Å²) in [7, 11) is 0. The van der Waals surface area contributed by atoms with Crippen LogP contribution in [-0.2, 0) is 21.1 Å². The van der Waals surface area contributed by atoms with Crippen molar-refractivity contribution in [2.24, 2.45) is 0 Å². The minimum atomic E-state index is 0. The summed E-state index contributed by atoms with van der Waals surface area (Å²) in [6.07, 6.45) is 6.69. The molecule has 0 radical (unpaired) electrons. The molecule has 0 aliphatic carbocycles. The summed E-state index contributed by atoms with van der Waals surface area (Å²) in [5, 5.41) is 0. The van der Waals surface area contributed by atoms with Crippen LogP contribution >= 0.6 is 0 Å². The number of hydrogen-bond acceptors (Lipinski definition) is 4. The molecule has 2 aliphatic heterocycles. The van der Waals surface area contributed by atoms with Crippen LogP contribution in [0.1, 0.15) is 5.56 Å². The molecule has 0 saturated heterocycles. The standard InChI is InChI=1S/C56H39N4.C8H5.Pt/c1-5-20-41(21-6-1)47-30-18-31-48(42-22-7-2-8-23-42)55(47)59-39-57(51-34-13-15-36-53(51)59)45-28-17-29-46(38-45)58-40-60(54-37-16-14-35-52(54)58)56-49(43-24-9-3-10-25-43)32-19-33-50(56)44-26-11-4-12-27-44;1-2-8-6-4-3-5-7-8;/h1-37,39-40H;3-7H;/q-3;-1;+4. The van der Waals surface area contributed by atoms with Crippen LogP contribution in [0.5, 0.6) is 0 Å². The summed E-state index contributed by atoms with van der Waals surface area (Å²) < 4.78 is 0. The van der Waals surface area contributed by atoms with Gasteiger partial charge in [0.25, 0.3) is 0 Å². The van der Waals surface area contributed by atoms with Gasteiger partial charge in [0.2, 0.25) is 0 Å². The van der Waals surface area contributed by atoms with Crippen LogP contribution < -0.4 is 19.6 Å². The molecule has 0 N–H and O–H groups in total. The number of para-hydroxylation sites is 6. The Morgan fingerprint density at radius 1 is 0.304 bits per heavy atom. The molecule has 2 heterocycles. The first-order chi connectivity index (χ1) is 33.7. The maximum absolute atomic E-state index is 6.69. The van der Waals surface area contributed by atoms with Gasteiger partial charge < -0.3 is 26.0 Å². The molecular formula is C64H44N4Pt. The Kier molecular flexibility index (Phi) is 13.1. The van der Waals surface area contributed by atoms with Crippen molar-refractivity contribution in [3.05, 3.63) is 286 Å². The number of anilines is 8. The number of hydrogen-bond donors (Lipinski definition) is 0. The zero-order chi connectivity index (χ0) is 45.7. The van der Waals surface area contributed by atoms with Gasteiger partial charge in [0.15, 0.2) is 0 Å². The summed E-state index contributed by atoms with van der Waals surface area (Å²) in [4.78, 5) is 9.25. The van der Waals surface area contributed by atoms with E-state index in [1.165, 1.54) is 22.3 Å². The quantitative estimate of drug-likeness (QED) is 0.111. The predicted octanol–water partition coefficient (Wildman–Crippen LogP) is 16.6. The summed E-state index contributed by atoms with van der Waals surface area (Å²) in [5.74, 6) is 2.28. The predicted molar refractivity (Wildman–Crippen MR) is 283 cm³/mol. The fraction of sp³-hybridized carbons (Fsp3) is 0. The second-order valence-corrected chi connectivity index (χ2v) is 16.5. The fourth-order valence-corrected chi connectivity index (χ4v) is 9.22. The normalized spacial score (nSPS) is 12.3. The Morgan fingerprint density at radius 2 is 0.580 bits per heavy atom. The van der Waals surface area contributed by atoms with E-state index in [-0.39, 0.29) is 21.1 Å². The maximum Gasteiger partial charge on any atom is 4.00 e. The van der Waals surface area contributed by atoms with Crippen molar-refractivity contribution >= 4 is 45.5 Å². The van der Waals surface area contributed by atoms with Gasteiger partial charge in [0.1, 0.15) is 0 Å². The third-order valence-corrected chi connectivity index (χ3v) is 12.4. The minimum Gasteiger partial charge on any atom is -0.493 e. The first kappa shape index (κ1) is 44.5. The van der Waals surface area contributed by atoms with E-state index in [2.05, 4.69) is 269 Å². The molecule has 0 bridgehead atoms. The van der Waals surface area contributed by atoms with E-state index in [1.807, 2.05) is 30.3 Å². The first-order valence-electron chi connectivity index (χ1n) is 22.8. The minimum absolute atomic E-state index is 0. The second kappa shape index (κ2) is 20.3. The Labute approximate surface area is 420 Å². The molecule has 0 atom stereocenters. The van der Waals surface area contributed by atoms with Gasteiger partial charge in [0, 0.05) is 56.4 Å². The summed E-state index contributed by atoms with van der Waals surface area (Å²) in [5.41, 5.74) is 18.7. The van der Waals surface area contributed by atoms with Crippen LogP contribution in [0.3, 0.4) is 0 Å². The monoisotopic (exact) mass is 1060 g/mol. The third kappa shape index (κ3) is 8.85. The van der Waals surface area contributed by atoms with Crippen LogP contribution in [0.4, 0.5) is 45.5 Å². The third-order valence-electron chi connectivity index (χ3n) is 12.4. The van der Waals surface area contributed by atoms with Crippen molar-refractivity contribution in [1.82, 2.24) is 0 Å². The number of nitrogens with zero attached hydrogens (tertiary/aromatic N) is 4. The molecule has 10 aromatic rings. The van der Waals surface area contributed by atoms with Gasteiger partial charge >= 0.3 is 21.1 Å². The molecule has 0 fully saturated rings. The Morgan fingerprint density at radius 3 is 0.884 bits per heavy atom. The molecule has 69 heavy (non-hydrogen) atoms. The van der Waals surface area contributed by atoms with Gasteiger partial charge in [-0.3, -0.25) is 5.92 Å². The van der Waals surface area contributed by atoms with Crippen LogP contribution in [0.25, 0.3) is 44.5 Å². The van der Waals surface area contributed by atoms with Crippen LogP contribution in [0.15, 0.2) is 255 Å². The SMILES string of the molecule is [C-]#Cc1ccccc1.[Pt+4].[c-]1c(N2[CH-]N(c3c(-c4ccccc4)cccc3-c3ccccc3)c3ccccc32)cccc1N1[CH-]N(c2c(-c3ccccc3)cccc2-c2ccccc2)c2ccccc21. The van der Waals surface area contributed by atoms with Crippen LogP contribution in [-0.4, -0.2) is 0 Å². The second-order valence-electron chi connectivity index (χ2n) is 16.5. The Hall–Kier alpha value is -8.35. The molecular weight excluding hydrogens is 1020 g/mol. The van der Waals surface area contributed by atoms with Crippen molar-refractivity contribution in [2.75, 3.05) is 19.6 Å². The van der Waals surface area contributed by atoms with Gasteiger partial charge in [-0.05, 0) is 46.5 Å². The number of benzene rings is 10. The molecule has 5 heteroatoms. The number of rotatable bonds is 8. The van der Waals surface area contributed by atoms with Gasteiger partial charge in [0.05, 0.1) is 0 Å². The van der Waals surface area contributed by atoms with Gasteiger partial charge in [-0.25, -0.2) is 0 Å². The molecule has 0 spiro atoms. The summed E-state index contributed by atoms with van der Waals surface area (Å²) in [6.45, 7) is 4.45. The zero-order valence-electron chi connectivity index (χ0n) is 37.5. The average Bonchev–Trinajstić information content (AvgIpc) is 4.01. The van der Waals surface area contributed by atoms with E-state index >= 15 is 0 Å². The topological polar surface area (TPSA) is 13.0 Å². The van der Waals surface area contributed by atoms with E-state index in [9.17, 15) is 0 Å². The van der Waals surface area contributed by atoms with Crippen molar-refractivity contribution < 1.29 is 21.1 Å². The Balaban J connectivity index is 0.000000561. The molecule has 2 aliphatic rings. The van der Waals surface area contributed by atoms with E-state index in [4.69, 9.17) is 6.42 Å². The molecule has 0 aromatic heterocycles. The van der Waals surface area contributed by atoms with E-state index < -0.39 is 0 Å². The Bertz CT molecular complexity index is 3060. The van der Waals surface area contributed by atoms with E-state index in [0.717, 1.165) is 73.3 Å². The molecule has 330 valence electrons. The summed E-state index contributed by atoms with van der Waals surface area (Å²) in [6, 6.07) is 93.0. The summed E-state index contributed by atoms with van der Waals surface area (Å²) >= 11 is 0. The fourth-order valence-electron chi connectivity index (χ4n) is 9.22. The molecule has 12 rings (SSSR count). The van der Waals surface area contributed by atoms with Crippen molar-refractivity contribution in [2.45, 2.75) is 0 Å². The zero-order valence-corrected chi connectivity index (χ0v) is 39.8. The van der Waals surface area contributed by atoms with Crippen molar-refractivity contribution in [1.29, 1.82) is 0 Å². The van der Waals surface area contributed by atoms with Gasteiger partial charge in [-0.15, -0.1) is 60.6 Å². The van der Waals surface area contributed by atoms with Gasteiger partial charge in [-0.1, -0.05) is 200 Å². The average molecular weight is 1060 g/mol. The first-order valence-corrected chi connectivity index (χ1v) is 22.8. The molecule has 0 unspecified atom stereocenters. The largest absolute Gasteiger partial charge is 4.00 e. The molecule has 4 nitrogen and oxygen atoms in total. The van der Waals surface area contributed by atoms with E-state index in [0.29, 0.717) is 0 Å². The number of fused-ring (bicyclic) bond motifs is 2. The van der Waals surface area contributed by atoms with Crippen LogP contribution in [0.2, 0.25) is 0 Å². The smallest absolute Gasteiger partial charge is 0.493 e. The van der Waals surface area contributed by atoms with E-state index in [1.54, 1.807) is 0 Å².